The van der Waals surface area contributed by atoms with Gasteiger partial charge in [-0.25, -0.2) is 0 Å². The third kappa shape index (κ3) is 2.61. The first-order chi connectivity index (χ1) is 7.67. The number of aryl methyl sites for hydroxylation is 1. The van der Waals surface area contributed by atoms with E-state index >= 15 is 0 Å². The van der Waals surface area contributed by atoms with Gasteiger partial charge >= 0.3 is 0 Å². The lowest BCUT2D eigenvalue weighted by atomic mass is 10.3. The third-order valence-electron chi connectivity index (χ3n) is 2.71. The summed E-state index contributed by atoms with van der Waals surface area (Å²) in [6.45, 7) is 1.82. The van der Waals surface area contributed by atoms with Gasteiger partial charge in [-0.2, -0.15) is 9.97 Å². The zero-order chi connectivity index (χ0) is 11.5. The lowest BCUT2D eigenvalue weighted by molar-refractivity contribution is 0.197. The summed E-state index contributed by atoms with van der Waals surface area (Å²) in [5, 5.41) is 0. The fourth-order valence-electron chi connectivity index (χ4n) is 1.93. The molecule has 1 aromatic rings. The monoisotopic (exact) mass is 223 g/mol. The van der Waals surface area contributed by atoms with Crippen molar-refractivity contribution >= 4 is 0 Å². The molecular formula is C11H17N3O2. The zero-order valence-corrected chi connectivity index (χ0v) is 9.64. The molecule has 5 nitrogen and oxygen atoms in total. The molecule has 16 heavy (non-hydrogen) atoms. The first-order valence-electron chi connectivity index (χ1n) is 5.49. The van der Waals surface area contributed by atoms with Crippen molar-refractivity contribution in [3.05, 3.63) is 11.9 Å². The van der Waals surface area contributed by atoms with E-state index in [1.807, 2.05) is 6.92 Å². The van der Waals surface area contributed by atoms with Crippen LogP contribution in [0.1, 0.15) is 25.1 Å². The van der Waals surface area contributed by atoms with Crippen molar-refractivity contribution in [1.29, 1.82) is 0 Å². The van der Waals surface area contributed by atoms with Gasteiger partial charge in [0.2, 0.25) is 11.8 Å². The van der Waals surface area contributed by atoms with Crippen molar-refractivity contribution < 1.29 is 9.47 Å². The molecule has 0 saturated heterocycles. The quantitative estimate of drug-likeness (QED) is 0.829. The van der Waals surface area contributed by atoms with Gasteiger partial charge in [0.1, 0.15) is 11.9 Å². The number of nitrogens with two attached hydrogens (primary N) is 1. The first kappa shape index (κ1) is 11.1. The van der Waals surface area contributed by atoms with Crippen molar-refractivity contribution in [2.24, 2.45) is 5.73 Å². The van der Waals surface area contributed by atoms with Crippen LogP contribution in [0.5, 0.6) is 11.8 Å². The Balaban J connectivity index is 2.06. The topological polar surface area (TPSA) is 70.3 Å². The van der Waals surface area contributed by atoms with Crippen molar-refractivity contribution in [1.82, 2.24) is 9.97 Å². The van der Waals surface area contributed by atoms with Crippen LogP contribution in [-0.2, 0) is 0 Å². The molecule has 0 radical (unpaired) electrons. The van der Waals surface area contributed by atoms with Crippen LogP contribution in [0.4, 0.5) is 0 Å². The standard InChI is InChI=1S/C11H17N3O2/c1-7-13-10(15-2)6-11(14-7)16-9-4-3-8(12)5-9/h6,8-9H,3-5,12H2,1-2H3. The van der Waals surface area contributed by atoms with Gasteiger partial charge in [-0.1, -0.05) is 0 Å². The third-order valence-corrected chi connectivity index (χ3v) is 2.71. The fraction of sp³-hybridized carbons (Fsp3) is 0.636. The summed E-state index contributed by atoms with van der Waals surface area (Å²) in [4.78, 5) is 8.32. The highest BCUT2D eigenvalue weighted by Crippen LogP contribution is 2.24. The highest BCUT2D eigenvalue weighted by molar-refractivity contribution is 5.20. The average molecular weight is 223 g/mol. The van der Waals surface area contributed by atoms with Gasteiger partial charge < -0.3 is 15.2 Å². The maximum Gasteiger partial charge on any atom is 0.220 e. The van der Waals surface area contributed by atoms with Crippen LogP contribution in [0.2, 0.25) is 0 Å². The molecule has 1 aliphatic carbocycles. The Bertz CT molecular complexity index is 370. The Morgan fingerprint density at radius 2 is 2.06 bits per heavy atom. The SMILES string of the molecule is COc1cc(OC2CCC(N)C2)nc(C)n1. The van der Waals surface area contributed by atoms with Gasteiger partial charge in [-0.05, 0) is 26.2 Å². The smallest absolute Gasteiger partial charge is 0.220 e. The molecule has 1 saturated carbocycles. The fourth-order valence-corrected chi connectivity index (χ4v) is 1.93. The van der Waals surface area contributed by atoms with Gasteiger partial charge in [-0.15, -0.1) is 0 Å². The van der Waals surface area contributed by atoms with Crippen LogP contribution in [-0.4, -0.2) is 29.2 Å². The van der Waals surface area contributed by atoms with E-state index in [4.69, 9.17) is 15.2 Å². The molecule has 1 aliphatic rings. The summed E-state index contributed by atoms with van der Waals surface area (Å²) in [5.41, 5.74) is 5.83. The molecule has 0 aliphatic heterocycles. The Morgan fingerprint density at radius 1 is 1.31 bits per heavy atom. The molecule has 88 valence electrons. The summed E-state index contributed by atoms with van der Waals surface area (Å²) in [5.74, 6) is 1.75. The molecule has 2 rings (SSSR count). The predicted molar refractivity (Wildman–Crippen MR) is 59.6 cm³/mol. The number of aromatic nitrogens is 2. The number of rotatable bonds is 3. The molecule has 0 bridgehead atoms. The molecule has 5 heteroatoms. The highest BCUT2D eigenvalue weighted by atomic mass is 16.5. The molecule has 1 aromatic heterocycles. The number of hydrogen-bond acceptors (Lipinski definition) is 5. The summed E-state index contributed by atoms with van der Waals surface area (Å²) in [6.07, 6.45) is 3.08. The average Bonchev–Trinajstić information content (AvgIpc) is 2.63. The molecular weight excluding hydrogens is 206 g/mol. The lowest BCUT2D eigenvalue weighted by Gasteiger charge is -2.13. The molecule has 0 amide bonds. The second-order valence-electron chi connectivity index (χ2n) is 4.11. The minimum Gasteiger partial charge on any atom is -0.481 e. The van der Waals surface area contributed by atoms with Gasteiger partial charge in [-0.3, -0.25) is 0 Å². The van der Waals surface area contributed by atoms with Crippen molar-refractivity contribution in [3.8, 4) is 11.8 Å². The second kappa shape index (κ2) is 4.65. The highest BCUT2D eigenvalue weighted by Gasteiger charge is 2.23. The predicted octanol–water partition coefficient (Wildman–Crippen LogP) is 1.05. The Morgan fingerprint density at radius 3 is 2.69 bits per heavy atom. The van der Waals surface area contributed by atoms with Crippen molar-refractivity contribution in [2.45, 2.75) is 38.3 Å². The van der Waals surface area contributed by atoms with E-state index in [0.29, 0.717) is 17.6 Å². The van der Waals surface area contributed by atoms with Gasteiger partial charge in [0.15, 0.2) is 0 Å². The largest absolute Gasteiger partial charge is 0.481 e. The number of hydrogen-bond donors (Lipinski definition) is 1. The van der Waals surface area contributed by atoms with Gasteiger partial charge in [0.05, 0.1) is 13.2 Å². The Labute approximate surface area is 95.0 Å². The van der Waals surface area contributed by atoms with Crippen LogP contribution >= 0.6 is 0 Å². The van der Waals surface area contributed by atoms with Gasteiger partial charge in [0.25, 0.3) is 0 Å². The van der Waals surface area contributed by atoms with Crippen molar-refractivity contribution in [3.63, 3.8) is 0 Å². The van der Waals surface area contributed by atoms with Crippen LogP contribution in [0, 0.1) is 6.92 Å². The van der Waals surface area contributed by atoms with Crippen LogP contribution < -0.4 is 15.2 Å². The molecule has 2 unspecified atom stereocenters. The van der Waals surface area contributed by atoms with E-state index in [2.05, 4.69) is 9.97 Å². The van der Waals surface area contributed by atoms with E-state index in [1.165, 1.54) is 0 Å². The van der Waals surface area contributed by atoms with E-state index < -0.39 is 0 Å². The summed E-state index contributed by atoms with van der Waals surface area (Å²) in [7, 11) is 1.58. The minimum absolute atomic E-state index is 0.175. The van der Waals surface area contributed by atoms with Crippen LogP contribution in [0.3, 0.4) is 0 Å². The van der Waals surface area contributed by atoms with Crippen LogP contribution in [0.25, 0.3) is 0 Å². The molecule has 2 atom stereocenters. The molecule has 2 N–H and O–H groups in total. The van der Waals surface area contributed by atoms with Gasteiger partial charge in [0, 0.05) is 6.04 Å². The van der Waals surface area contributed by atoms with E-state index in [0.717, 1.165) is 19.3 Å². The summed E-state index contributed by atoms with van der Waals surface area (Å²) in [6, 6.07) is 1.96. The minimum atomic E-state index is 0.175. The van der Waals surface area contributed by atoms with Crippen molar-refractivity contribution in [2.75, 3.05) is 7.11 Å². The summed E-state index contributed by atoms with van der Waals surface area (Å²) < 4.78 is 10.8. The molecule has 0 aromatic carbocycles. The molecule has 1 heterocycles. The van der Waals surface area contributed by atoms with E-state index in [-0.39, 0.29) is 12.1 Å². The van der Waals surface area contributed by atoms with Crippen LogP contribution in [0.15, 0.2) is 6.07 Å². The maximum atomic E-state index is 5.83. The number of methoxy groups -OCH3 is 1. The van der Waals surface area contributed by atoms with E-state index in [9.17, 15) is 0 Å². The first-order valence-corrected chi connectivity index (χ1v) is 5.49. The van der Waals surface area contributed by atoms with E-state index in [1.54, 1.807) is 13.2 Å². The Kier molecular flexibility index (Phi) is 3.24. The maximum absolute atomic E-state index is 5.83. The molecule has 0 spiro atoms. The lowest BCUT2D eigenvalue weighted by Crippen LogP contribution is -2.19. The number of ether oxygens (including phenoxy) is 2. The normalized spacial score (nSPS) is 24.4. The zero-order valence-electron chi connectivity index (χ0n) is 9.64. The second-order valence-corrected chi connectivity index (χ2v) is 4.11. The summed E-state index contributed by atoms with van der Waals surface area (Å²) >= 11 is 0. The number of nitrogens with zero attached hydrogens (tertiary/aromatic N) is 2. The Hall–Kier alpha value is -1.36. The molecule has 1 fully saturated rings.